The Balaban J connectivity index is 2.45. The zero-order valence-corrected chi connectivity index (χ0v) is 9.81. The molecule has 0 radical (unpaired) electrons. The second-order valence-corrected chi connectivity index (χ2v) is 4.11. The highest BCUT2D eigenvalue weighted by molar-refractivity contribution is 5.37. The molecule has 0 spiro atoms. The molecule has 1 atom stereocenters. The van der Waals surface area contributed by atoms with Gasteiger partial charge in [-0.2, -0.15) is 5.10 Å². The first kappa shape index (κ1) is 10.9. The molecule has 0 saturated heterocycles. The zero-order valence-electron chi connectivity index (χ0n) is 9.81. The first-order valence-electron chi connectivity index (χ1n) is 5.39. The van der Waals surface area contributed by atoms with E-state index in [0.717, 1.165) is 16.9 Å². The van der Waals surface area contributed by atoms with Crippen LogP contribution in [0.2, 0.25) is 0 Å². The topological polar surface area (TPSA) is 38.0 Å². The lowest BCUT2D eigenvalue weighted by atomic mass is 10.1. The van der Waals surface area contributed by atoms with Crippen LogP contribution in [0.5, 0.6) is 0 Å². The van der Waals surface area contributed by atoms with Crippen molar-refractivity contribution in [1.82, 2.24) is 9.78 Å². The van der Waals surface area contributed by atoms with E-state index in [0.29, 0.717) is 0 Å². The SMILES string of the molecule is Cc1ccc(-n2ncc(C(C)O)c2C)cc1. The van der Waals surface area contributed by atoms with Gasteiger partial charge >= 0.3 is 0 Å². The van der Waals surface area contributed by atoms with Crippen LogP contribution >= 0.6 is 0 Å². The van der Waals surface area contributed by atoms with Crippen LogP contribution in [0.1, 0.15) is 29.8 Å². The van der Waals surface area contributed by atoms with E-state index in [9.17, 15) is 5.11 Å². The summed E-state index contributed by atoms with van der Waals surface area (Å²) in [6.45, 7) is 5.78. The van der Waals surface area contributed by atoms with Gasteiger partial charge in [-0.3, -0.25) is 0 Å². The van der Waals surface area contributed by atoms with Crippen molar-refractivity contribution < 1.29 is 5.11 Å². The van der Waals surface area contributed by atoms with Crippen molar-refractivity contribution in [3.05, 3.63) is 47.3 Å². The van der Waals surface area contributed by atoms with Crippen molar-refractivity contribution >= 4 is 0 Å². The molecule has 84 valence electrons. The molecule has 1 aromatic carbocycles. The van der Waals surface area contributed by atoms with Crippen LogP contribution in [0, 0.1) is 13.8 Å². The van der Waals surface area contributed by atoms with E-state index < -0.39 is 6.10 Å². The third-order valence-electron chi connectivity index (χ3n) is 2.78. The van der Waals surface area contributed by atoms with E-state index in [1.807, 2.05) is 23.7 Å². The molecule has 1 N–H and O–H groups in total. The third-order valence-corrected chi connectivity index (χ3v) is 2.78. The molecule has 0 fully saturated rings. The average molecular weight is 216 g/mol. The third kappa shape index (κ3) is 1.86. The predicted octanol–water partition coefficient (Wildman–Crippen LogP) is 2.54. The van der Waals surface area contributed by atoms with E-state index >= 15 is 0 Å². The summed E-state index contributed by atoms with van der Waals surface area (Å²) in [5.41, 5.74) is 4.11. The molecular formula is C13H16N2O. The summed E-state index contributed by atoms with van der Waals surface area (Å²) in [6, 6.07) is 8.17. The standard InChI is InChI=1S/C13H16N2O/c1-9-4-6-12(7-5-9)15-10(2)13(8-14-15)11(3)16/h4-8,11,16H,1-3H3. The molecule has 0 bridgehead atoms. The van der Waals surface area contributed by atoms with Crippen molar-refractivity contribution in [2.45, 2.75) is 26.9 Å². The normalized spacial score (nSPS) is 12.8. The summed E-state index contributed by atoms with van der Waals surface area (Å²) in [5, 5.41) is 13.8. The monoisotopic (exact) mass is 216 g/mol. The van der Waals surface area contributed by atoms with Gasteiger partial charge in [0, 0.05) is 11.3 Å². The number of hydrogen-bond acceptors (Lipinski definition) is 2. The Labute approximate surface area is 95.3 Å². The van der Waals surface area contributed by atoms with Crippen LogP contribution < -0.4 is 0 Å². The first-order chi connectivity index (χ1) is 7.59. The van der Waals surface area contributed by atoms with Gasteiger partial charge < -0.3 is 5.11 Å². The summed E-state index contributed by atoms with van der Waals surface area (Å²) in [5.74, 6) is 0. The van der Waals surface area contributed by atoms with Crippen LogP contribution in [-0.2, 0) is 0 Å². The van der Waals surface area contributed by atoms with Gasteiger partial charge in [-0.25, -0.2) is 4.68 Å². The minimum Gasteiger partial charge on any atom is -0.389 e. The number of nitrogens with zero attached hydrogens (tertiary/aromatic N) is 2. The quantitative estimate of drug-likeness (QED) is 0.837. The maximum atomic E-state index is 9.56. The van der Waals surface area contributed by atoms with Gasteiger partial charge in [-0.1, -0.05) is 17.7 Å². The highest BCUT2D eigenvalue weighted by Gasteiger charge is 2.11. The van der Waals surface area contributed by atoms with E-state index in [1.165, 1.54) is 5.56 Å². The Morgan fingerprint density at radius 3 is 2.31 bits per heavy atom. The fourth-order valence-corrected chi connectivity index (χ4v) is 1.78. The number of aliphatic hydroxyl groups excluding tert-OH is 1. The molecule has 1 heterocycles. The van der Waals surface area contributed by atoms with Crippen LogP contribution in [-0.4, -0.2) is 14.9 Å². The molecule has 1 aromatic heterocycles. The maximum Gasteiger partial charge on any atom is 0.0795 e. The van der Waals surface area contributed by atoms with Gasteiger partial charge in [-0.05, 0) is 32.9 Å². The van der Waals surface area contributed by atoms with Gasteiger partial charge in [0.1, 0.15) is 0 Å². The maximum absolute atomic E-state index is 9.56. The Morgan fingerprint density at radius 2 is 1.81 bits per heavy atom. The molecule has 16 heavy (non-hydrogen) atoms. The zero-order chi connectivity index (χ0) is 11.7. The molecule has 2 aromatic rings. The van der Waals surface area contributed by atoms with E-state index in [2.05, 4.69) is 24.2 Å². The summed E-state index contributed by atoms with van der Waals surface area (Å²) in [7, 11) is 0. The fraction of sp³-hybridized carbons (Fsp3) is 0.308. The lowest BCUT2D eigenvalue weighted by Gasteiger charge is -2.07. The number of aromatic nitrogens is 2. The summed E-state index contributed by atoms with van der Waals surface area (Å²) < 4.78 is 1.85. The summed E-state index contributed by atoms with van der Waals surface area (Å²) in [4.78, 5) is 0. The second-order valence-electron chi connectivity index (χ2n) is 4.11. The highest BCUT2D eigenvalue weighted by Crippen LogP contribution is 2.19. The molecular weight excluding hydrogens is 200 g/mol. The van der Waals surface area contributed by atoms with Crippen molar-refractivity contribution in [3.63, 3.8) is 0 Å². The number of aliphatic hydroxyl groups is 1. The van der Waals surface area contributed by atoms with Crippen molar-refractivity contribution in [1.29, 1.82) is 0 Å². The van der Waals surface area contributed by atoms with Crippen molar-refractivity contribution in [2.24, 2.45) is 0 Å². The molecule has 1 unspecified atom stereocenters. The second kappa shape index (κ2) is 4.10. The Kier molecular flexibility index (Phi) is 2.79. The van der Waals surface area contributed by atoms with Gasteiger partial charge in [0.2, 0.25) is 0 Å². The minimum atomic E-state index is -0.473. The van der Waals surface area contributed by atoms with E-state index in [-0.39, 0.29) is 0 Å². The molecule has 2 rings (SSSR count). The Morgan fingerprint density at radius 1 is 1.19 bits per heavy atom. The predicted molar refractivity (Wildman–Crippen MR) is 63.7 cm³/mol. The number of benzene rings is 1. The lowest BCUT2D eigenvalue weighted by Crippen LogP contribution is -2.00. The van der Waals surface area contributed by atoms with Crippen molar-refractivity contribution in [2.75, 3.05) is 0 Å². The molecule has 0 aliphatic carbocycles. The Bertz CT molecular complexity index is 483. The highest BCUT2D eigenvalue weighted by atomic mass is 16.3. The lowest BCUT2D eigenvalue weighted by molar-refractivity contribution is 0.198. The van der Waals surface area contributed by atoms with Gasteiger partial charge in [0.25, 0.3) is 0 Å². The van der Waals surface area contributed by atoms with Gasteiger partial charge in [-0.15, -0.1) is 0 Å². The van der Waals surface area contributed by atoms with Gasteiger partial charge in [0.15, 0.2) is 0 Å². The molecule has 3 nitrogen and oxygen atoms in total. The van der Waals surface area contributed by atoms with Crippen LogP contribution in [0.25, 0.3) is 5.69 Å². The fourth-order valence-electron chi connectivity index (χ4n) is 1.78. The average Bonchev–Trinajstić information content (AvgIpc) is 2.61. The smallest absolute Gasteiger partial charge is 0.0795 e. The molecule has 3 heteroatoms. The largest absolute Gasteiger partial charge is 0.389 e. The van der Waals surface area contributed by atoms with Crippen LogP contribution in [0.3, 0.4) is 0 Å². The van der Waals surface area contributed by atoms with E-state index in [1.54, 1.807) is 13.1 Å². The van der Waals surface area contributed by atoms with Gasteiger partial charge in [0.05, 0.1) is 18.0 Å². The number of hydrogen-bond donors (Lipinski definition) is 1. The van der Waals surface area contributed by atoms with Crippen LogP contribution in [0.4, 0.5) is 0 Å². The first-order valence-corrected chi connectivity index (χ1v) is 5.39. The molecule has 0 amide bonds. The van der Waals surface area contributed by atoms with E-state index in [4.69, 9.17) is 0 Å². The molecule has 0 saturated carbocycles. The number of aryl methyl sites for hydroxylation is 1. The minimum absolute atomic E-state index is 0.473. The summed E-state index contributed by atoms with van der Waals surface area (Å²) >= 11 is 0. The Hall–Kier alpha value is -1.61. The van der Waals surface area contributed by atoms with Crippen molar-refractivity contribution in [3.8, 4) is 5.69 Å². The number of rotatable bonds is 2. The molecule has 0 aliphatic heterocycles. The van der Waals surface area contributed by atoms with Crippen LogP contribution in [0.15, 0.2) is 30.5 Å². The summed E-state index contributed by atoms with van der Waals surface area (Å²) in [6.07, 6.45) is 1.25. The molecule has 0 aliphatic rings.